The van der Waals surface area contributed by atoms with Crippen LogP contribution in [0.3, 0.4) is 0 Å². The molecule has 8 aromatic rings. The predicted molar refractivity (Wildman–Crippen MR) is 243 cm³/mol. The largest absolute Gasteiger partial charge is 0.454 e. The monoisotopic (exact) mass is 740 g/mol. The Morgan fingerprint density at radius 1 is 0.561 bits per heavy atom. The number of benzene rings is 7. The Balaban J connectivity index is 0.000000134. The standard InChI is InChI=1S/C21H20N2O.C18H14.C15H14/c1-13(2)23-20(17-11-9-16(10-12-17)15(4)22)21-14(3)18-7-5-6-8-19(18)24-21;1-14(15-7-3-2-4-8-15)17-12-11-16-9-5-6-10-18(16)13-17;1-15(2)13-9-5-3-7-11(13)12-8-4-6-10-14(12)15/h5-12,22H,1H2,2-4H3;2-13H,1H2;3-10H,1-2H3. The van der Waals surface area contributed by atoms with Crippen molar-refractivity contribution in [3.63, 3.8) is 0 Å². The van der Waals surface area contributed by atoms with Gasteiger partial charge in [0.2, 0.25) is 0 Å². The van der Waals surface area contributed by atoms with Gasteiger partial charge < -0.3 is 9.83 Å². The van der Waals surface area contributed by atoms with E-state index in [1.165, 1.54) is 44.2 Å². The van der Waals surface area contributed by atoms with Gasteiger partial charge in [-0.1, -0.05) is 185 Å². The molecule has 0 saturated carbocycles. The van der Waals surface area contributed by atoms with Crippen LogP contribution in [0.25, 0.3) is 38.4 Å². The number of aliphatic imine (C=N–C) groups is 1. The van der Waals surface area contributed by atoms with Gasteiger partial charge in [-0.05, 0) is 88.2 Å². The normalized spacial score (nSPS) is 12.4. The average Bonchev–Trinajstić information content (AvgIpc) is 3.70. The van der Waals surface area contributed by atoms with Crippen molar-refractivity contribution in [1.29, 1.82) is 5.41 Å². The molecule has 3 heteroatoms. The number of allylic oxidation sites excluding steroid dienone is 1. The summed E-state index contributed by atoms with van der Waals surface area (Å²) in [5.41, 5.74) is 15.1. The molecular weight excluding hydrogens is 693 g/mol. The fraction of sp³-hybridized carbons (Fsp3) is 0.111. The Hall–Kier alpha value is -6.84. The zero-order valence-electron chi connectivity index (χ0n) is 33.4. The van der Waals surface area contributed by atoms with Gasteiger partial charge in [-0.2, -0.15) is 0 Å². The van der Waals surface area contributed by atoms with E-state index in [1.54, 1.807) is 6.92 Å². The van der Waals surface area contributed by atoms with Gasteiger partial charge in [-0.15, -0.1) is 0 Å². The average molecular weight is 741 g/mol. The van der Waals surface area contributed by atoms with Gasteiger partial charge in [0, 0.05) is 33.3 Å². The summed E-state index contributed by atoms with van der Waals surface area (Å²) in [6.07, 6.45) is 0. The Labute approximate surface area is 336 Å². The van der Waals surface area contributed by atoms with Gasteiger partial charge in [-0.25, -0.2) is 4.99 Å². The highest BCUT2D eigenvalue weighted by Gasteiger charge is 2.34. The maximum Gasteiger partial charge on any atom is 0.157 e. The Kier molecular flexibility index (Phi) is 11.1. The van der Waals surface area contributed by atoms with Crippen LogP contribution in [0, 0.1) is 12.3 Å². The van der Waals surface area contributed by atoms with Crippen molar-refractivity contribution < 1.29 is 4.42 Å². The van der Waals surface area contributed by atoms with Gasteiger partial charge in [0.1, 0.15) is 11.3 Å². The van der Waals surface area contributed by atoms with Crippen molar-refractivity contribution in [3.8, 4) is 11.1 Å². The summed E-state index contributed by atoms with van der Waals surface area (Å²) < 4.78 is 6.08. The van der Waals surface area contributed by atoms with Crippen LogP contribution >= 0.6 is 0 Å². The Morgan fingerprint density at radius 2 is 1.09 bits per heavy atom. The van der Waals surface area contributed by atoms with Crippen LogP contribution < -0.4 is 0 Å². The highest BCUT2D eigenvalue weighted by molar-refractivity contribution is 6.14. The molecule has 7 aromatic carbocycles. The molecule has 3 nitrogen and oxygen atoms in total. The van der Waals surface area contributed by atoms with Crippen LogP contribution in [0.1, 0.15) is 72.4 Å². The van der Waals surface area contributed by atoms with Crippen molar-refractivity contribution in [3.05, 3.63) is 233 Å². The lowest BCUT2D eigenvalue weighted by Gasteiger charge is -2.20. The first-order chi connectivity index (χ1) is 27.5. The molecule has 0 spiro atoms. The smallest absolute Gasteiger partial charge is 0.157 e. The number of aryl methyl sites for hydroxylation is 1. The number of hydrogen-bond acceptors (Lipinski definition) is 3. The van der Waals surface area contributed by atoms with Crippen LogP contribution in [0.4, 0.5) is 0 Å². The first kappa shape index (κ1) is 38.4. The second-order valence-electron chi connectivity index (χ2n) is 15.1. The third-order valence-corrected chi connectivity index (χ3v) is 10.7. The van der Waals surface area contributed by atoms with Crippen molar-refractivity contribution in [2.24, 2.45) is 4.99 Å². The maximum atomic E-state index is 7.73. The molecule has 0 amide bonds. The number of nitrogens with one attached hydrogen (secondary N) is 1. The van der Waals surface area contributed by atoms with E-state index in [0.29, 0.717) is 5.71 Å². The molecular formula is C54H48N2O. The van der Waals surface area contributed by atoms with Crippen molar-refractivity contribution in [2.75, 3.05) is 0 Å². The first-order valence-electron chi connectivity index (χ1n) is 19.3. The van der Waals surface area contributed by atoms with Gasteiger partial charge in [0.25, 0.3) is 0 Å². The predicted octanol–water partition coefficient (Wildman–Crippen LogP) is 14.4. The molecule has 0 radical (unpaired) electrons. The number of para-hydroxylation sites is 1. The highest BCUT2D eigenvalue weighted by Crippen LogP contribution is 2.48. The van der Waals surface area contributed by atoms with Gasteiger partial charge in [0.15, 0.2) is 5.76 Å². The third kappa shape index (κ3) is 8.10. The fourth-order valence-corrected chi connectivity index (χ4v) is 7.57. The van der Waals surface area contributed by atoms with E-state index in [4.69, 9.17) is 9.83 Å². The van der Waals surface area contributed by atoms with Crippen LogP contribution in [0.15, 0.2) is 198 Å². The van der Waals surface area contributed by atoms with Crippen molar-refractivity contribution >= 4 is 38.7 Å². The number of fused-ring (bicyclic) bond motifs is 5. The van der Waals surface area contributed by atoms with Gasteiger partial charge in [0.05, 0.1) is 0 Å². The molecule has 0 saturated heterocycles. The molecule has 280 valence electrons. The Bertz CT molecular complexity index is 2730. The zero-order chi connectivity index (χ0) is 40.1. The number of hydrogen-bond donors (Lipinski definition) is 1. The summed E-state index contributed by atoms with van der Waals surface area (Å²) >= 11 is 0. The molecule has 1 N–H and O–H groups in total. The molecule has 0 fully saturated rings. The van der Waals surface area contributed by atoms with Crippen LogP contribution in [0.2, 0.25) is 0 Å². The van der Waals surface area contributed by atoms with E-state index in [0.717, 1.165) is 50.4 Å². The summed E-state index contributed by atoms with van der Waals surface area (Å²) in [7, 11) is 0. The lowest BCUT2D eigenvalue weighted by atomic mass is 9.82. The second kappa shape index (κ2) is 16.5. The minimum absolute atomic E-state index is 0.160. The van der Waals surface area contributed by atoms with Crippen molar-refractivity contribution in [1.82, 2.24) is 0 Å². The van der Waals surface area contributed by atoms with E-state index in [1.807, 2.05) is 74.5 Å². The van der Waals surface area contributed by atoms with Crippen LogP contribution in [-0.2, 0) is 5.41 Å². The van der Waals surface area contributed by atoms with Gasteiger partial charge >= 0.3 is 0 Å². The van der Waals surface area contributed by atoms with E-state index in [2.05, 4.69) is 141 Å². The lowest BCUT2D eigenvalue weighted by molar-refractivity contribution is 0.602. The SMILES string of the molecule is C=C(C)N=C(c1ccc(C(C)=N)cc1)c1oc2ccccc2c1C.C=C(c1ccccc1)c1ccc2ccccc2c1.CC1(C)c2ccccc2-c2ccccc21. The number of furan rings is 1. The molecule has 1 aliphatic carbocycles. The summed E-state index contributed by atoms with van der Waals surface area (Å²) in [6, 6.07) is 58.4. The summed E-state index contributed by atoms with van der Waals surface area (Å²) in [5, 5.41) is 11.3. The van der Waals surface area contributed by atoms with E-state index in [-0.39, 0.29) is 5.41 Å². The van der Waals surface area contributed by atoms with E-state index in [9.17, 15) is 0 Å². The topological polar surface area (TPSA) is 49.4 Å². The zero-order valence-corrected chi connectivity index (χ0v) is 33.4. The number of nitrogens with zero attached hydrogens (tertiary/aromatic N) is 1. The molecule has 9 rings (SSSR count). The van der Waals surface area contributed by atoms with Crippen LogP contribution in [-0.4, -0.2) is 11.4 Å². The summed E-state index contributed by atoms with van der Waals surface area (Å²) in [5.74, 6) is 0.763. The maximum absolute atomic E-state index is 7.73. The summed E-state index contributed by atoms with van der Waals surface area (Å²) in [4.78, 5) is 4.62. The Morgan fingerprint density at radius 3 is 1.70 bits per heavy atom. The molecule has 1 aliphatic rings. The molecule has 57 heavy (non-hydrogen) atoms. The van der Waals surface area contributed by atoms with E-state index < -0.39 is 0 Å². The first-order valence-corrected chi connectivity index (χ1v) is 19.3. The third-order valence-electron chi connectivity index (χ3n) is 10.7. The minimum Gasteiger partial charge on any atom is -0.454 e. The fourth-order valence-electron chi connectivity index (χ4n) is 7.57. The molecule has 1 heterocycles. The van der Waals surface area contributed by atoms with Gasteiger partial charge in [-0.3, -0.25) is 0 Å². The second-order valence-corrected chi connectivity index (χ2v) is 15.1. The minimum atomic E-state index is 0.160. The van der Waals surface area contributed by atoms with E-state index >= 15 is 0 Å². The lowest BCUT2D eigenvalue weighted by Crippen LogP contribution is -2.14. The molecule has 0 unspecified atom stereocenters. The number of rotatable bonds is 6. The molecule has 0 atom stereocenters. The molecule has 1 aromatic heterocycles. The summed E-state index contributed by atoms with van der Waals surface area (Å²) in [6.45, 7) is 18.4. The quantitative estimate of drug-likeness (QED) is 0.170. The highest BCUT2D eigenvalue weighted by atomic mass is 16.3. The molecule has 0 aliphatic heterocycles. The van der Waals surface area contributed by atoms with Crippen molar-refractivity contribution in [2.45, 2.75) is 40.0 Å². The van der Waals surface area contributed by atoms with Crippen LogP contribution in [0.5, 0.6) is 0 Å². The molecule has 0 bridgehead atoms.